The number of rotatable bonds is 4. The SMILES string of the molecule is Cc1cc2c(C=CC(=O)O)cccc2n1CN(C)C. The van der Waals surface area contributed by atoms with Crippen molar-refractivity contribution in [1.29, 1.82) is 0 Å². The van der Waals surface area contributed by atoms with Crippen molar-refractivity contribution in [2.45, 2.75) is 13.6 Å². The molecule has 2 rings (SSSR count). The average molecular weight is 258 g/mol. The first-order valence-corrected chi connectivity index (χ1v) is 6.13. The van der Waals surface area contributed by atoms with Crippen molar-refractivity contribution in [3.8, 4) is 0 Å². The Morgan fingerprint density at radius 2 is 2.16 bits per heavy atom. The zero-order valence-corrected chi connectivity index (χ0v) is 11.4. The Bertz CT molecular complexity index is 639. The summed E-state index contributed by atoms with van der Waals surface area (Å²) in [5, 5.41) is 9.81. The van der Waals surface area contributed by atoms with Gasteiger partial charge < -0.3 is 9.67 Å². The minimum atomic E-state index is -0.929. The van der Waals surface area contributed by atoms with E-state index in [1.807, 2.05) is 26.2 Å². The van der Waals surface area contributed by atoms with Gasteiger partial charge in [-0.25, -0.2) is 4.79 Å². The number of carboxylic acids is 1. The molecule has 4 nitrogen and oxygen atoms in total. The van der Waals surface area contributed by atoms with E-state index in [-0.39, 0.29) is 0 Å². The first-order valence-electron chi connectivity index (χ1n) is 6.13. The maximum Gasteiger partial charge on any atom is 0.328 e. The summed E-state index contributed by atoms with van der Waals surface area (Å²) in [6.45, 7) is 2.87. The topological polar surface area (TPSA) is 45.5 Å². The second-order valence-corrected chi connectivity index (χ2v) is 4.89. The van der Waals surface area contributed by atoms with Crippen LogP contribution in [0.2, 0.25) is 0 Å². The summed E-state index contributed by atoms with van der Waals surface area (Å²) >= 11 is 0. The summed E-state index contributed by atoms with van der Waals surface area (Å²) in [4.78, 5) is 12.7. The smallest absolute Gasteiger partial charge is 0.328 e. The first kappa shape index (κ1) is 13.4. The Hall–Kier alpha value is -2.07. The lowest BCUT2D eigenvalue weighted by molar-refractivity contribution is -0.131. The molecule has 0 fully saturated rings. The minimum Gasteiger partial charge on any atom is -0.478 e. The molecule has 0 spiro atoms. The number of aliphatic carboxylic acids is 1. The highest BCUT2D eigenvalue weighted by Gasteiger charge is 2.08. The Morgan fingerprint density at radius 3 is 2.79 bits per heavy atom. The number of aromatic nitrogens is 1. The molecule has 100 valence electrons. The number of nitrogens with zero attached hydrogens (tertiary/aromatic N) is 2. The van der Waals surface area contributed by atoms with E-state index in [1.165, 1.54) is 11.8 Å². The largest absolute Gasteiger partial charge is 0.478 e. The third kappa shape index (κ3) is 2.85. The lowest BCUT2D eigenvalue weighted by Crippen LogP contribution is -2.17. The van der Waals surface area contributed by atoms with E-state index in [9.17, 15) is 4.79 Å². The normalized spacial score (nSPS) is 11.8. The Morgan fingerprint density at radius 1 is 1.42 bits per heavy atom. The third-order valence-electron chi connectivity index (χ3n) is 3.02. The molecule has 0 saturated heterocycles. The Balaban J connectivity index is 2.55. The number of aryl methyl sites for hydroxylation is 1. The van der Waals surface area contributed by atoms with Crippen LogP contribution in [0.4, 0.5) is 0 Å². The number of hydrogen-bond donors (Lipinski definition) is 1. The van der Waals surface area contributed by atoms with Crippen molar-refractivity contribution in [1.82, 2.24) is 9.47 Å². The van der Waals surface area contributed by atoms with Gasteiger partial charge in [0.2, 0.25) is 0 Å². The van der Waals surface area contributed by atoms with Crippen LogP contribution >= 0.6 is 0 Å². The molecule has 0 saturated carbocycles. The van der Waals surface area contributed by atoms with Gasteiger partial charge in [-0.15, -0.1) is 0 Å². The second-order valence-electron chi connectivity index (χ2n) is 4.89. The van der Waals surface area contributed by atoms with Gasteiger partial charge in [-0.1, -0.05) is 12.1 Å². The summed E-state index contributed by atoms with van der Waals surface area (Å²) in [5.41, 5.74) is 3.22. The molecule has 4 heteroatoms. The van der Waals surface area contributed by atoms with Crippen molar-refractivity contribution in [2.75, 3.05) is 14.1 Å². The van der Waals surface area contributed by atoms with Gasteiger partial charge in [0, 0.05) is 22.7 Å². The van der Waals surface area contributed by atoms with Gasteiger partial charge in [-0.2, -0.15) is 0 Å². The molecule has 19 heavy (non-hydrogen) atoms. The molecule has 2 aromatic rings. The quantitative estimate of drug-likeness (QED) is 0.857. The fourth-order valence-corrected chi connectivity index (χ4v) is 2.22. The highest BCUT2D eigenvalue weighted by atomic mass is 16.4. The van der Waals surface area contributed by atoms with Crippen LogP contribution < -0.4 is 0 Å². The second kappa shape index (κ2) is 5.28. The van der Waals surface area contributed by atoms with Crippen LogP contribution in [-0.4, -0.2) is 34.6 Å². The zero-order valence-electron chi connectivity index (χ0n) is 11.4. The van der Waals surface area contributed by atoms with Gasteiger partial charge >= 0.3 is 5.97 Å². The zero-order chi connectivity index (χ0) is 14.0. The van der Waals surface area contributed by atoms with E-state index in [2.05, 4.69) is 28.5 Å². The molecule has 1 aromatic heterocycles. The molecule has 1 N–H and O–H groups in total. The van der Waals surface area contributed by atoms with Crippen LogP contribution in [0.5, 0.6) is 0 Å². The van der Waals surface area contributed by atoms with Crippen molar-refractivity contribution in [3.63, 3.8) is 0 Å². The van der Waals surface area contributed by atoms with Gasteiger partial charge in [0.15, 0.2) is 0 Å². The van der Waals surface area contributed by atoms with Crippen molar-refractivity contribution < 1.29 is 9.90 Å². The molecule has 0 radical (unpaired) electrons. The predicted molar refractivity (Wildman–Crippen MR) is 77.0 cm³/mol. The lowest BCUT2D eigenvalue weighted by atomic mass is 10.1. The molecule has 0 bridgehead atoms. The predicted octanol–water partition coefficient (Wildman–Crippen LogP) is 2.57. The lowest BCUT2D eigenvalue weighted by Gasteiger charge is -2.14. The van der Waals surface area contributed by atoms with E-state index in [0.717, 1.165) is 23.1 Å². The number of carboxylic acid groups (broad SMARTS) is 1. The molecule has 0 amide bonds. The van der Waals surface area contributed by atoms with Gasteiger partial charge in [0.25, 0.3) is 0 Å². The van der Waals surface area contributed by atoms with Gasteiger partial charge in [-0.05, 0) is 44.8 Å². The van der Waals surface area contributed by atoms with Gasteiger partial charge in [0.05, 0.1) is 6.67 Å². The van der Waals surface area contributed by atoms with Crippen LogP contribution in [0.1, 0.15) is 11.3 Å². The standard InChI is InChI=1S/C15H18N2O2/c1-11-9-13-12(7-8-15(18)19)5-4-6-14(13)17(11)10-16(2)3/h4-9H,10H2,1-3H3,(H,18,19). The molecule has 1 heterocycles. The Kier molecular flexibility index (Phi) is 3.71. The molecule has 0 unspecified atom stereocenters. The molecule has 0 atom stereocenters. The molecular weight excluding hydrogens is 240 g/mol. The van der Waals surface area contributed by atoms with E-state index in [4.69, 9.17) is 5.11 Å². The van der Waals surface area contributed by atoms with Gasteiger partial charge in [0.1, 0.15) is 0 Å². The monoisotopic (exact) mass is 258 g/mol. The van der Waals surface area contributed by atoms with E-state index >= 15 is 0 Å². The number of carbonyl (C=O) groups is 1. The Labute approximate surface area is 112 Å². The van der Waals surface area contributed by atoms with E-state index < -0.39 is 5.97 Å². The molecule has 0 aliphatic heterocycles. The minimum absolute atomic E-state index is 0.807. The van der Waals surface area contributed by atoms with Crippen LogP contribution in [0.3, 0.4) is 0 Å². The summed E-state index contributed by atoms with van der Waals surface area (Å²) in [6.07, 6.45) is 2.82. The van der Waals surface area contributed by atoms with Gasteiger partial charge in [-0.3, -0.25) is 4.90 Å². The maximum absolute atomic E-state index is 10.6. The highest BCUT2D eigenvalue weighted by Crippen LogP contribution is 2.24. The number of hydrogen-bond acceptors (Lipinski definition) is 2. The van der Waals surface area contributed by atoms with Crippen LogP contribution in [0, 0.1) is 6.92 Å². The fourth-order valence-electron chi connectivity index (χ4n) is 2.22. The average Bonchev–Trinajstić information content (AvgIpc) is 2.63. The molecule has 0 aliphatic rings. The van der Waals surface area contributed by atoms with Crippen molar-refractivity contribution >= 4 is 22.9 Å². The number of benzene rings is 1. The fraction of sp³-hybridized carbons (Fsp3) is 0.267. The van der Waals surface area contributed by atoms with Crippen LogP contribution in [0.15, 0.2) is 30.3 Å². The summed E-state index contributed by atoms with van der Waals surface area (Å²) < 4.78 is 2.22. The van der Waals surface area contributed by atoms with Crippen molar-refractivity contribution in [3.05, 3.63) is 41.6 Å². The summed E-state index contributed by atoms with van der Waals surface area (Å²) in [5.74, 6) is -0.929. The summed E-state index contributed by atoms with van der Waals surface area (Å²) in [7, 11) is 4.05. The highest BCUT2D eigenvalue weighted by molar-refractivity contribution is 5.93. The first-order chi connectivity index (χ1) is 8.99. The molecular formula is C15H18N2O2. The van der Waals surface area contributed by atoms with Crippen molar-refractivity contribution in [2.24, 2.45) is 0 Å². The molecule has 1 aromatic carbocycles. The van der Waals surface area contributed by atoms with Crippen LogP contribution in [0.25, 0.3) is 17.0 Å². The van der Waals surface area contributed by atoms with E-state index in [0.29, 0.717) is 0 Å². The molecule has 0 aliphatic carbocycles. The summed E-state index contributed by atoms with van der Waals surface area (Å²) in [6, 6.07) is 8.04. The third-order valence-corrected chi connectivity index (χ3v) is 3.02. The maximum atomic E-state index is 10.6. The van der Waals surface area contributed by atoms with Crippen LogP contribution in [-0.2, 0) is 11.5 Å². The van der Waals surface area contributed by atoms with E-state index in [1.54, 1.807) is 6.08 Å². The number of fused-ring (bicyclic) bond motifs is 1.